The van der Waals surface area contributed by atoms with Gasteiger partial charge >= 0.3 is 0 Å². The molecule has 0 amide bonds. The molecule has 0 aromatic carbocycles. The number of pyridine rings is 1. The van der Waals surface area contributed by atoms with Crippen LogP contribution < -0.4 is 9.80 Å². The number of anilines is 2. The summed E-state index contributed by atoms with van der Waals surface area (Å²) in [5.41, 5.74) is 1.03. The Kier molecular flexibility index (Phi) is 4.93. The van der Waals surface area contributed by atoms with Crippen molar-refractivity contribution in [1.29, 1.82) is 0 Å². The molecule has 2 aliphatic rings. The van der Waals surface area contributed by atoms with E-state index in [1.54, 1.807) is 0 Å². The van der Waals surface area contributed by atoms with Crippen LogP contribution >= 0.6 is 0 Å². The maximum atomic E-state index is 13.0. The number of morpholine rings is 1. The van der Waals surface area contributed by atoms with E-state index in [2.05, 4.69) is 15.0 Å². The molecule has 2 fully saturated rings. The number of hydrogen-bond acceptors (Lipinski definition) is 7. The zero-order chi connectivity index (χ0) is 19.7. The quantitative estimate of drug-likeness (QED) is 0.756. The van der Waals surface area contributed by atoms with Crippen molar-refractivity contribution >= 4 is 23.5 Å². The fourth-order valence-electron chi connectivity index (χ4n) is 3.76. The van der Waals surface area contributed by atoms with E-state index in [0.29, 0.717) is 26.3 Å². The van der Waals surface area contributed by atoms with E-state index in [1.807, 2.05) is 51.1 Å². The SMILES string of the molecule is Cc1cc(N2CC(=Cc3cccc(N4CCOCC4)n3)C(=O)C(C)(C)C2)no1. The number of carbonyl (C=O) groups excluding carboxylic acids is 1. The Morgan fingerprint density at radius 2 is 1.93 bits per heavy atom. The number of aromatic nitrogens is 2. The van der Waals surface area contributed by atoms with E-state index >= 15 is 0 Å². The van der Waals surface area contributed by atoms with E-state index in [1.165, 1.54) is 0 Å². The van der Waals surface area contributed by atoms with Gasteiger partial charge in [-0.15, -0.1) is 0 Å². The van der Waals surface area contributed by atoms with E-state index in [4.69, 9.17) is 14.2 Å². The average molecular weight is 382 g/mol. The van der Waals surface area contributed by atoms with Crippen molar-refractivity contribution in [1.82, 2.24) is 10.1 Å². The van der Waals surface area contributed by atoms with Gasteiger partial charge in [0.1, 0.15) is 11.6 Å². The Morgan fingerprint density at radius 3 is 2.64 bits per heavy atom. The third kappa shape index (κ3) is 3.80. The van der Waals surface area contributed by atoms with E-state index in [-0.39, 0.29) is 5.78 Å². The van der Waals surface area contributed by atoms with Crippen molar-refractivity contribution in [2.75, 3.05) is 49.2 Å². The predicted molar refractivity (Wildman–Crippen MR) is 107 cm³/mol. The van der Waals surface area contributed by atoms with Crippen molar-refractivity contribution in [2.45, 2.75) is 20.8 Å². The Morgan fingerprint density at radius 1 is 1.14 bits per heavy atom. The minimum Gasteiger partial charge on any atom is -0.378 e. The summed E-state index contributed by atoms with van der Waals surface area (Å²) in [6, 6.07) is 7.84. The van der Waals surface area contributed by atoms with E-state index < -0.39 is 5.41 Å². The number of piperidine rings is 1. The molecule has 4 heterocycles. The standard InChI is InChI=1S/C21H26N4O3/c1-15-11-19(23-28-15)25-13-16(20(26)21(2,3)14-25)12-17-5-4-6-18(22-17)24-7-9-27-10-8-24/h4-6,11-12H,7-10,13-14H2,1-3H3. The first-order chi connectivity index (χ1) is 13.4. The molecule has 2 aromatic heterocycles. The van der Waals surface area contributed by atoms with Gasteiger partial charge in [0, 0.05) is 43.2 Å². The second kappa shape index (κ2) is 7.39. The summed E-state index contributed by atoms with van der Waals surface area (Å²) in [5, 5.41) is 4.13. The molecular formula is C21H26N4O3. The number of ketones is 1. The van der Waals surface area contributed by atoms with E-state index in [9.17, 15) is 4.79 Å². The van der Waals surface area contributed by atoms with Crippen LogP contribution in [0.5, 0.6) is 0 Å². The third-order valence-corrected chi connectivity index (χ3v) is 5.21. The van der Waals surface area contributed by atoms with Crippen LogP contribution in [0.4, 0.5) is 11.6 Å². The number of aryl methyl sites for hydroxylation is 1. The highest BCUT2D eigenvalue weighted by molar-refractivity contribution is 6.05. The highest BCUT2D eigenvalue weighted by atomic mass is 16.5. The first kappa shape index (κ1) is 18.7. The molecule has 7 nitrogen and oxygen atoms in total. The van der Waals surface area contributed by atoms with Gasteiger partial charge in [0.15, 0.2) is 11.6 Å². The summed E-state index contributed by atoms with van der Waals surface area (Å²) < 4.78 is 10.6. The lowest BCUT2D eigenvalue weighted by Gasteiger charge is -2.38. The molecule has 0 N–H and O–H groups in total. The lowest BCUT2D eigenvalue weighted by molar-refractivity contribution is -0.123. The van der Waals surface area contributed by atoms with Crippen LogP contribution in [-0.4, -0.2) is 55.3 Å². The molecule has 7 heteroatoms. The molecule has 28 heavy (non-hydrogen) atoms. The molecule has 0 bridgehead atoms. The zero-order valence-electron chi connectivity index (χ0n) is 16.6. The van der Waals surface area contributed by atoms with Gasteiger partial charge in [-0.1, -0.05) is 25.1 Å². The highest BCUT2D eigenvalue weighted by Gasteiger charge is 2.38. The van der Waals surface area contributed by atoms with Crippen LogP contribution in [0.2, 0.25) is 0 Å². The molecule has 2 aromatic rings. The average Bonchev–Trinajstić information content (AvgIpc) is 3.12. The van der Waals surface area contributed by atoms with Crippen molar-refractivity contribution in [3.05, 3.63) is 41.3 Å². The first-order valence-corrected chi connectivity index (χ1v) is 9.66. The molecule has 148 valence electrons. The molecule has 0 aliphatic carbocycles. The summed E-state index contributed by atoms with van der Waals surface area (Å²) in [5.74, 6) is 2.60. The molecule has 2 saturated heterocycles. The summed E-state index contributed by atoms with van der Waals surface area (Å²) in [4.78, 5) is 22.1. The van der Waals surface area contributed by atoms with Gasteiger partial charge in [-0.05, 0) is 25.1 Å². The van der Waals surface area contributed by atoms with Gasteiger partial charge < -0.3 is 19.1 Å². The summed E-state index contributed by atoms with van der Waals surface area (Å²) in [6.45, 7) is 10.0. The van der Waals surface area contributed by atoms with Crippen LogP contribution in [0.1, 0.15) is 25.3 Å². The van der Waals surface area contributed by atoms with Crippen LogP contribution in [0.3, 0.4) is 0 Å². The van der Waals surface area contributed by atoms with Crippen LogP contribution in [0.25, 0.3) is 6.08 Å². The molecule has 0 atom stereocenters. The molecule has 2 aliphatic heterocycles. The summed E-state index contributed by atoms with van der Waals surface area (Å²) >= 11 is 0. The molecule has 0 spiro atoms. The van der Waals surface area contributed by atoms with E-state index in [0.717, 1.165) is 41.8 Å². The highest BCUT2D eigenvalue weighted by Crippen LogP contribution is 2.32. The van der Waals surface area contributed by atoms with Gasteiger partial charge in [-0.2, -0.15) is 0 Å². The molecule has 4 rings (SSSR count). The minimum absolute atomic E-state index is 0.155. The molecule has 0 saturated carbocycles. The van der Waals surface area contributed by atoms with Crippen LogP contribution in [0, 0.1) is 12.3 Å². The Bertz CT molecular complexity index is 897. The van der Waals surface area contributed by atoms with Crippen molar-refractivity contribution in [3.63, 3.8) is 0 Å². The Balaban J connectivity index is 1.62. The van der Waals surface area contributed by atoms with Crippen molar-refractivity contribution in [2.24, 2.45) is 5.41 Å². The lowest BCUT2D eigenvalue weighted by Crippen LogP contribution is -2.48. The summed E-state index contributed by atoms with van der Waals surface area (Å²) in [7, 11) is 0. The van der Waals surface area contributed by atoms with Crippen LogP contribution in [0.15, 0.2) is 34.4 Å². The molecular weight excluding hydrogens is 356 g/mol. The normalized spacial score (nSPS) is 21.4. The molecule has 0 unspecified atom stereocenters. The number of nitrogens with zero attached hydrogens (tertiary/aromatic N) is 4. The number of ether oxygens (including phenoxy) is 1. The van der Waals surface area contributed by atoms with Gasteiger partial charge in [-0.3, -0.25) is 4.79 Å². The minimum atomic E-state index is -0.501. The third-order valence-electron chi connectivity index (χ3n) is 5.21. The van der Waals surface area contributed by atoms with Gasteiger partial charge in [0.05, 0.1) is 18.9 Å². The Labute approximate surface area is 165 Å². The fourth-order valence-corrected chi connectivity index (χ4v) is 3.76. The Hall–Kier alpha value is -2.67. The second-order valence-electron chi connectivity index (χ2n) is 8.05. The van der Waals surface area contributed by atoms with Gasteiger partial charge in [-0.25, -0.2) is 4.98 Å². The topological polar surface area (TPSA) is 71.7 Å². The second-order valence-corrected chi connectivity index (χ2v) is 8.05. The first-order valence-electron chi connectivity index (χ1n) is 9.66. The lowest BCUT2D eigenvalue weighted by atomic mass is 9.80. The number of Topliss-reactive ketones (excluding diaryl/α,β-unsaturated/α-hetero) is 1. The maximum Gasteiger partial charge on any atom is 0.172 e. The predicted octanol–water partition coefficient (Wildman–Crippen LogP) is 2.71. The van der Waals surface area contributed by atoms with Crippen molar-refractivity contribution < 1.29 is 14.1 Å². The fraction of sp³-hybridized carbons (Fsp3) is 0.476. The van der Waals surface area contributed by atoms with Gasteiger partial charge in [0.2, 0.25) is 0 Å². The number of carbonyl (C=O) groups is 1. The molecule has 0 radical (unpaired) electrons. The number of hydrogen-bond donors (Lipinski definition) is 0. The maximum absolute atomic E-state index is 13.0. The summed E-state index contributed by atoms with van der Waals surface area (Å²) in [6.07, 6.45) is 1.91. The van der Waals surface area contributed by atoms with Crippen LogP contribution in [-0.2, 0) is 9.53 Å². The van der Waals surface area contributed by atoms with Crippen molar-refractivity contribution in [3.8, 4) is 0 Å². The monoisotopic (exact) mass is 382 g/mol. The smallest absolute Gasteiger partial charge is 0.172 e. The zero-order valence-corrected chi connectivity index (χ0v) is 16.6. The largest absolute Gasteiger partial charge is 0.378 e. The van der Waals surface area contributed by atoms with Gasteiger partial charge in [0.25, 0.3) is 0 Å². The number of rotatable bonds is 3.